The van der Waals surface area contributed by atoms with E-state index in [4.69, 9.17) is 21.1 Å². The molecule has 0 radical (unpaired) electrons. The van der Waals surface area contributed by atoms with Crippen molar-refractivity contribution in [2.24, 2.45) is 0 Å². The molecule has 160 valence electrons. The summed E-state index contributed by atoms with van der Waals surface area (Å²) in [5, 5.41) is 3.08. The van der Waals surface area contributed by atoms with E-state index in [9.17, 15) is 13.2 Å². The second-order valence-corrected chi connectivity index (χ2v) is 8.37. The van der Waals surface area contributed by atoms with Gasteiger partial charge >= 0.3 is 0 Å². The molecule has 0 aliphatic rings. The Morgan fingerprint density at radius 3 is 2.47 bits per heavy atom. The van der Waals surface area contributed by atoms with Crippen LogP contribution in [0.1, 0.15) is 11.1 Å². The number of halogens is 1. The Labute approximate surface area is 181 Å². The number of hydrogen-bond acceptors (Lipinski definition) is 5. The van der Waals surface area contributed by atoms with Crippen molar-refractivity contribution in [1.29, 1.82) is 0 Å². The maximum absolute atomic E-state index is 12.2. The number of hydrogen-bond donors (Lipinski definition) is 2. The smallest absolute Gasteiger partial charge is 0.248 e. The van der Waals surface area contributed by atoms with E-state index in [1.807, 2.05) is 0 Å². The number of sulfonamides is 1. The molecule has 0 aromatic heterocycles. The van der Waals surface area contributed by atoms with Gasteiger partial charge in [0.1, 0.15) is 0 Å². The van der Waals surface area contributed by atoms with Crippen LogP contribution in [0, 0.1) is 0 Å². The third-order valence-electron chi connectivity index (χ3n) is 3.91. The van der Waals surface area contributed by atoms with Gasteiger partial charge in [-0.2, -0.15) is 0 Å². The minimum atomic E-state index is -3.44. The molecule has 0 unspecified atom stereocenters. The van der Waals surface area contributed by atoms with E-state index >= 15 is 0 Å². The standard InChI is InChI=1S/C21H23ClN2O5S/c1-4-11-23-30(26,27)14-15-5-8-17(9-6-15)24-20(25)10-7-16-12-18(22)21(29-3)19(13-16)28-2/h4-10,12-13,23H,1,11,14H2,2-3H3,(H,24,25)/b10-7+. The summed E-state index contributed by atoms with van der Waals surface area (Å²) in [7, 11) is -0.446. The number of methoxy groups -OCH3 is 2. The number of anilines is 1. The molecule has 0 fully saturated rings. The molecular formula is C21H23ClN2O5S. The molecule has 0 saturated heterocycles. The Hall–Kier alpha value is -2.81. The number of ether oxygens (including phenoxy) is 2. The van der Waals surface area contributed by atoms with E-state index in [0.717, 1.165) is 0 Å². The number of amides is 1. The van der Waals surface area contributed by atoms with Gasteiger partial charge in [-0.3, -0.25) is 4.79 Å². The third-order valence-corrected chi connectivity index (χ3v) is 5.51. The first-order valence-electron chi connectivity index (χ1n) is 8.85. The maximum atomic E-state index is 12.2. The van der Waals surface area contributed by atoms with E-state index < -0.39 is 10.0 Å². The van der Waals surface area contributed by atoms with Crippen molar-refractivity contribution in [2.75, 3.05) is 26.1 Å². The van der Waals surface area contributed by atoms with Crippen LogP contribution < -0.4 is 19.5 Å². The lowest BCUT2D eigenvalue weighted by molar-refractivity contribution is -0.111. The Bertz CT molecular complexity index is 1030. The van der Waals surface area contributed by atoms with Crippen LogP contribution >= 0.6 is 11.6 Å². The topological polar surface area (TPSA) is 93.7 Å². The molecule has 2 aromatic carbocycles. The summed E-state index contributed by atoms with van der Waals surface area (Å²) < 4.78 is 36.6. The molecule has 0 atom stereocenters. The molecule has 2 N–H and O–H groups in total. The van der Waals surface area contributed by atoms with Gasteiger partial charge in [0, 0.05) is 18.3 Å². The second-order valence-electron chi connectivity index (χ2n) is 6.15. The molecule has 2 rings (SSSR count). The summed E-state index contributed by atoms with van der Waals surface area (Å²) >= 11 is 6.16. The van der Waals surface area contributed by atoms with Gasteiger partial charge < -0.3 is 14.8 Å². The van der Waals surface area contributed by atoms with E-state index in [1.165, 1.54) is 26.4 Å². The first-order valence-corrected chi connectivity index (χ1v) is 10.9. The lowest BCUT2D eigenvalue weighted by Gasteiger charge is -2.10. The first-order chi connectivity index (χ1) is 14.3. The molecule has 0 aliphatic heterocycles. The number of carbonyl (C=O) groups is 1. The van der Waals surface area contributed by atoms with Crippen LogP contribution in [0.2, 0.25) is 5.02 Å². The summed E-state index contributed by atoms with van der Waals surface area (Å²) in [6.45, 7) is 3.65. The van der Waals surface area contributed by atoms with Gasteiger partial charge in [0.05, 0.1) is 25.0 Å². The van der Waals surface area contributed by atoms with Crippen molar-refractivity contribution in [2.45, 2.75) is 5.75 Å². The Morgan fingerprint density at radius 2 is 1.87 bits per heavy atom. The van der Waals surface area contributed by atoms with E-state index in [2.05, 4.69) is 16.6 Å². The third kappa shape index (κ3) is 6.91. The van der Waals surface area contributed by atoms with Crippen molar-refractivity contribution >= 4 is 39.3 Å². The fourth-order valence-electron chi connectivity index (χ4n) is 2.53. The van der Waals surface area contributed by atoms with Gasteiger partial charge in [0.25, 0.3) is 0 Å². The zero-order chi connectivity index (χ0) is 22.1. The van der Waals surface area contributed by atoms with Gasteiger partial charge in [0.2, 0.25) is 15.9 Å². The fourth-order valence-corrected chi connectivity index (χ4v) is 3.93. The largest absolute Gasteiger partial charge is 0.493 e. The molecule has 0 saturated carbocycles. The first kappa shape index (κ1) is 23.5. The van der Waals surface area contributed by atoms with Crippen LogP contribution in [0.3, 0.4) is 0 Å². The molecule has 0 spiro atoms. The van der Waals surface area contributed by atoms with Crippen LogP contribution in [0.15, 0.2) is 55.1 Å². The summed E-state index contributed by atoms with van der Waals surface area (Å²) in [5.41, 5.74) is 1.80. The molecule has 2 aromatic rings. The number of nitrogens with one attached hydrogen (secondary N) is 2. The zero-order valence-corrected chi connectivity index (χ0v) is 18.2. The minimum Gasteiger partial charge on any atom is -0.493 e. The highest BCUT2D eigenvalue weighted by atomic mass is 35.5. The van der Waals surface area contributed by atoms with Crippen LogP contribution in [0.4, 0.5) is 5.69 Å². The number of rotatable bonds is 10. The Morgan fingerprint density at radius 1 is 1.17 bits per heavy atom. The Balaban J connectivity index is 2.01. The van der Waals surface area contributed by atoms with Crippen LogP contribution in [0.25, 0.3) is 6.08 Å². The van der Waals surface area contributed by atoms with Crippen molar-refractivity contribution in [3.63, 3.8) is 0 Å². The maximum Gasteiger partial charge on any atom is 0.248 e. The quantitative estimate of drug-likeness (QED) is 0.426. The van der Waals surface area contributed by atoms with Gasteiger partial charge in [-0.15, -0.1) is 6.58 Å². The summed E-state index contributed by atoms with van der Waals surface area (Å²) in [4.78, 5) is 12.2. The highest BCUT2D eigenvalue weighted by Gasteiger charge is 2.11. The van der Waals surface area contributed by atoms with Crippen LogP contribution in [-0.4, -0.2) is 35.1 Å². The lowest BCUT2D eigenvalue weighted by atomic mass is 10.2. The second kappa shape index (κ2) is 10.8. The molecular weight excluding hydrogens is 428 g/mol. The van der Waals surface area contributed by atoms with Crippen molar-refractivity contribution < 1.29 is 22.7 Å². The SMILES string of the molecule is C=CCNS(=O)(=O)Cc1ccc(NC(=O)/C=C/c2cc(Cl)c(OC)c(OC)c2)cc1. The average molecular weight is 451 g/mol. The van der Waals surface area contributed by atoms with Crippen LogP contribution in [-0.2, 0) is 20.6 Å². The number of benzene rings is 2. The van der Waals surface area contributed by atoms with Gasteiger partial charge in [-0.25, -0.2) is 13.1 Å². The molecule has 1 amide bonds. The Kier molecular flexibility index (Phi) is 8.46. The molecule has 0 heterocycles. The van der Waals surface area contributed by atoms with Gasteiger partial charge in [-0.05, 0) is 41.5 Å². The number of carbonyl (C=O) groups excluding carboxylic acids is 1. The average Bonchev–Trinajstić information content (AvgIpc) is 2.71. The lowest BCUT2D eigenvalue weighted by Crippen LogP contribution is -2.25. The van der Waals surface area contributed by atoms with Gasteiger partial charge in [-0.1, -0.05) is 29.8 Å². The molecule has 0 aliphatic carbocycles. The molecule has 30 heavy (non-hydrogen) atoms. The minimum absolute atomic E-state index is 0.158. The summed E-state index contributed by atoms with van der Waals surface area (Å²) in [5.74, 6) is 0.365. The zero-order valence-electron chi connectivity index (χ0n) is 16.6. The highest BCUT2D eigenvalue weighted by molar-refractivity contribution is 7.88. The fraction of sp³-hybridized carbons (Fsp3) is 0.190. The highest BCUT2D eigenvalue weighted by Crippen LogP contribution is 2.36. The normalized spacial score (nSPS) is 11.3. The van der Waals surface area contributed by atoms with Crippen molar-refractivity contribution in [3.05, 3.63) is 71.3 Å². The predicted molar refractivity (Wildman–Crippen MR) is 119 cm³/mol. The summed E-state index contributed by atoms with van der Waals surface area (Å²) in [6.07, 6.45) is 4.42. The van der Waals surface area contributed by atoms with Crippen molar-refractivity contribution in [1.82, 2.24) is 4.72 Å². The van der Waals surface area contributed by atoms with Crippen molar-refractivity contribution in [3.8, 4) is 11.5 Å². The van der Waals surface area contributed by atoms with E-state index in [-0.39, 0.29) is 18.2 Å². The summed E-state index contributed by atoms with van der Waals surface area (Å²) in [6, 6.07) is 9.91. The van der Waals surface area contributed by atoms with Gasteiger partial charge in [0.15, 0.2) is 11.5 Å². The monoisotopic (exact) mass is 450 g/mol. The predicted octanol–water partition coefficient (Wildman–Crippen LogP) is 3.61. The molecule has 0 bridgehead atoms. The van der Waals surface area contributed by atoms with E-state index in [1.54, 1.807) is 42.5 Å². The van der Waals surface area contributed by atoms with Crippen LogP contribution in [0.5, 0.6) is 11.5 Å². The molecule has 7 nitrogen and oxygen atoms in total. The molecule has 9 heteroatoms. The van der Waals surface area contributed by atoms with E-state index in [0.29, 0.717) is 33.3 Å².